The number of nitro groups is 1. The van der Waals surface area contributed by atoms with E-state index >= 15 is 0 Å². The highest BCUT2D eigenvalue weighted by molar-refractivity contribution is 6.07. The van der Waals surface area contributed by atoms with Crippen LogP contribution in [0.15, 0.2) is 54.6 Å². The molecule has 0 saturated heterocycles. The second-order valence-corrected chi connectivity index (χ2v) is 6.09. The van der Waals surface area contributed by atoms with E-state index in [-0.39, 0.29) is 5.69 Å². The van der Waals surface area contributed by atoms with Crippen molar-refractivity contribution in [2.24, 2.45) is 0 Å². The zero-order chi connectivity index (χ0) is 22.7. The van der Waals surface area contributed by atoms with Gasteiger partial charge in [-0.25, -0.2) is 17.6 Å². The normalized spacial score (nSPS) is 10.5. The van der Waals surface area contributed by atoms with Crippen molar-refractivity contribution in [1.82, 2.24) is 0 Å². The van der Waals surface area contributed by atoms with E-state index in [1.165, 1.54) is 0 Å². The van der Waals surface area contributed by atoms with Gasteiger partial charge in [-0.1, -0.05) is 12.1 Å². The Bertz CT molecular complexity index is 1180. The molecule has 31 heavy (non-hydrogen) atoms. The second-order valence-electron chi connectivity index (χ2n) is 6.09. The molecule has 0 radical (unpaired) electrons. The summed E-state index contributed by atoms with van der Waals surface area (Å²) in [6.45, 7) is 0. The van der Waals surface area contributed by atoms with Crippen LogP contribution in [0.25, 0.3) is 0 Å². The number of carbonyl (C=O) groups excluding carboxylic acids is 2. The smallest absolute Gasteiger partial charge is 0.292 e. The monoisotopic (exact) mass is 433 g/mol. The Morgan fingerprint density at radius 2 is 1.19 bits per heavy atom. The predicted molar refractivity (Wildman–Crippen MR) is 102 cm³/mol. The summed E-state index contributed by atoms with van der Waals surface area (Å²) in [6.07, 6.45) is 0. The fraction of sp³-hybridized carbons (Fsp3) is 0. The van der Waals surface area contributed by atoms with E-state index in [4.69, 9.17) is 0 Å². The number of nitro benzene ring substituents is 1. The lowest BCUT2D eigenvalue weighted by molar-refractivity contribution is -0.383. The molecule has 3 rings (SSSR count). The number of carbonyl (C=O) groups is 2. The Morgan fingerprint density at radius 3 is 1.65 bits per heavy atom. The number of benzene rings is 3. The lowest BCUT2D eigenvalue weighted by Gasteiger charge is -2.11. The average Bonchev–Trinajstić information content (AvgIpc) is 2.67. The number of hydrogen-bond donors (Lipinski definition) is 2. The van der Waals surface area contributed by atoms with Crippen LogP contribution in [-0.2, 0) is 0 Å². The molecule has 11 heteroatoms. The highest BCUT2D eigenvalue weighted by Gasteiger charge is 2.23. The summed E-state index contributed by atoms with van der Waals surface area (Å²) < 4.78 is 55.2. The molecule has 0 aliphatic carbocycles. The Balaban J connectivity index is 1.94. The SMILES string of the molecule is O=C(Nc1ccc([N+](=O)[O-])c(NC(=O)c2c(F)cccc2F)c1)c1c(F)cccc1F. The van der Waals surface area contributed by atoms with E-state index in [0.29, 0.717) is 0 Å². The number of anilines is 2. The van der Waals surface area contributed by atoms with Crippen LogP contribution in [0.4, 0.5) is 34.6 Å². The maximum atomic E-state index is 13.8. The number of hydrogen-bond acceptors (Lipinski definition) is 4. The van der Waals surface area contributed by atoms with Crippen molar-refractivity contribution in [2.45, 2.75) is 0 Å². The van der Waals surface area contributed by atoms with Gasteiger partial charge in [-0.3, -0.25) is 19.7 Å². The molecule has 2 N–H and O–H groups in total. The molecule has 0 heterocycles. The highest BCUT2D eigenvalue weighted by Crippen LogP contribution is 2.29. The number of rotatable bonds is 5. The van der Waals surface area contributed by atoms with Gasteiger partial charge in [0.05, 0.1) is 4.92 Å². The third-order valence-electron chi connectivity index (χ3n) is 4.08. The van der Waals surface area contributed by atoms with Gasteiger partial charge in [-0.2, -0.15) is 0 Å². The van der Waals surface area contributed by atoms with Crippen molar-refractivity contribution in [2.75, 3.05) is 10.6 Å². The third-order valence-corrected chi connectivity index (χ3v) is 4.08. The maximum Gasteiger partial charge on any atom is 0.292 e. The fourth-order valence-corrected chi connectivity index (χ4v) is 2.68. The van der Waals surface area contributed by atoms with Gasteiger partial charge in [0.2, 0.25) is 0 Å². The molecule has 158 valence electrons. The molecule has 0 aliphatic heterocycles. The van der Waals surface area contributed by atoms with Gasteiger partial charge < -0.3 is 10.6 Å². The van der Waals surface area contributed by atoms with Gasteiger partial charge >= 0.3 is 0 Å². The minimum atomic E-state index is -1.32. The molecule has 0 unspecified atom stereocenters. The van der Waals surface area contributed by atoms with Gasteiger partial charge in [-0.05, 0) is 36.4 Å². The first-order chi connectivity index (χ1) is 14.7. The van der Waals surface area contributed by atoms with Crippen LogP contribution in [-0.4, -0.2) is 16.7 Å². The molecule has 7 nitrogen and oxygen atoms in total. The molecule has 0 atom stereocenters. The Hall–Kier alpha value is -4.28. The standard InChI is InChI=1S/C20H11F4N3O4/c21-11-3-1-4-12(22)17(11)19(28)25-10-7-8-16(27(30)31)15(9-10)26-20(29)18-13(23)5-2-6-14(18)24/h1-9H,(H,25,28)(H,26,29). The van der Waals surface area contributed by atoms with E-state index in [2.05, 4.69) is 5.32 Å². The average molecular weight is 433 g/mol. The summed E-state index contributed by atoms with van der Waals surface area (Å²) in [7, 11) is 0. The second kappa shape index (κ2) is 8.61. The molecular formula is C20H11F4N3O4. The van der Waals surface area contributed by atoms with E-state index in [0.717, 1.165) is 54.6 Å². The van der Waals surface area contributed by atoms with Crippen LogP contribution in [0, 0.1) is 33.4 Å². The van der Waals surface area contributed by atoms with Crippen molar-refractivity contribution in [1.29, 1.82) is 0 Å². The molecule has 3 aromatic carbocycles. The van der Waals surface area contributed by atoms with Crippen molar-refractivity contribution in [3.8, 4) is 0 Å². The fourth-order valence-electron chi connectivity index (χ4n) is 2.68. The molecule has 3 aromatic rings. The van der Waals surface area contributed by atoms with Crippen molar-refractivity contribution in [3.63, 3.8) is 0 Å². The van der Waals surface area contributed by atoms with Crippen LogP contribution in [0.5, 0.6) is 0 Å². The third kappa shape index (κ3) is 4.50. The Kier molecular flexibility index (Phi) is 5.95. The molecule has 0 fully saturated rings. The predicted octanol–water partition coefficient (Wildman–Crippen LogP) is 4.66. The molecule has 0 aromatic heterocycles. The van der Waals surface area contributed by atoms with E-state index in [9.17, 15) is 37.3 Å². The zero-order valence-electron chi connectivity index (χ0n) is 15.3. The Morgan fingerprint density at radius 1 is 0.742 bits per heavy atom. The zero-order valence-corrected chi connectivity index (χ0v) is 15.3. The first kappa shape index (κ1) is 21.4. The minimum Gasteiger partial charge on any atom is -0.322 e. The van der Waals surface area contributed by atoms with Gasteiger partial charge in [0, 0.05) is 11.8 Å². The van der Waals surface area contributed by atoms with Crippen molar-refractivity contribution >= 4 is 28.9 Å². The van der Waals surface area contributed by atoms with Gasteiger partial charge in [0.25, 0.3) is 17.5 Å². The van der Waals surface area contributed by atoms with Crippen LogP contribution >= 0.6 is 0 Å². The lowest BCUT2D eigenvalue weighted by Crippen LogP contribution is -2.18. The Labute approximate surface area is 171 Å². The minimum absolute atomic E-state index is 0.178. The number of nitrogens with zero attached hydrogens (tertiary/aromatic N) is 1. The summed E-state index contributed by atoms with van der Waals surface area (Å²) in [5.74, 6) is -7.17. The maximum absolute atomic E-state index is 13.8. The quantitative estimate of drug-likeness (QED) is 0.347. The summed E-state index contributed by atoms with van der Waals surface area (Å²) in [4.78, 5) is 34.8. The molecule has 0 spiro atoms. The van der Waals surface area contributed by atoms with E-state index in [1.54, 1.807) is 0 Å². The molecule has 0 bridgehead atoms. The number of nitrogens with one attached hydrogen (secondary N) is 2. The van der Waals surface area contributed by atoms with Crippen LogP contribution in [0.2, 0.25) is 0 Å². The van der Waals surface area contributed by atoms with E-state index < -0.39 is 62.5 Å². The van der Waals surface area contributed by atoms with Gasteiger partial charge in [0.15, 0.2) is 0 Å². The summed E-state index contributed by atoms with van der Waals surface area (Å²) in [5, 5.41) is 15.4. The summed E-state index contributed by atoms with van der Waals surface area (Å²) in [5.41, 5.74) is -3.20. The molecule has 0 aliphatic rings. The first-order valence-corrected chi connectivity index (χ1v) is 8.48. The van der Waals surface area contributed by atoms with Crippen molar-refractivity contribution < 1.29 is 32.1 Å². The summed E-state index contributed by atoms with van der Waals surface area (Å²) in [6, 6.07) is 8.31. The number of amides is 2. The topological polar surface area (TPSA) is 101 Å². The van der Waals surface area contributed by atoms with Crippen LogP contribution < -0.4 is 10.6 Å². The largest absolute Gasteiger partial charge is 0.322 e. The first-order valence-electron chi connectivity index (χ1n) is 8.48. The summed E-state index contributed by atoms with van der Waals surface area (Å²) >= 11 is 0. The molecular weight excluding hydrogens is 422 g/mol. The lowest BCUT2D eigenvalue weighted by atomic mass is 10.1. The van der Waals surface area contributed by atoms with E-state index in [1.807, 2.05) is 5.32 Å². The molecule has 2 amide bonds. The van der Waals surface area contributed by atoms with Crippen LogP contribution in [0.1, 0.15) is 20.7 Å². The van der Waals surface area contributed by atoms with Gasteiger partial charge in [-0.15, -0.1) is 0 Å². The highest BCUT2D eigenvalue weighted by atomic mass is 19.1. The molecule has 0 saturated carbocycles. The van der Waals surface area contributed by atoms with Crippen molar-refractivity contribution in [3.05, 3.63) is 99.1 Å². The number of halogens is 4. The van der Waals surface area contributed by atoms with Crippen LogP contribution in [0.3, 0.4) is 0 Å². The van der Waals surface area contributed by atoms with Gasteiger partial charge in [0.1, 0.15) is 40.1 Å².